The molecule has 2 atom stereocenters. The fourth-order valence-corrected chi connectivity index (χ4v) is 1.70. The van der Waals surface area contributed by atoms with E-state index in [0.29, 0.717) is 26.1 Å². The van der Waals surface area contributed by atoms with Gasteiger partial charge in [-0.1, -0.05) is 6.92 Å². The number of methoxy groups -OCH3 is 1. The van der Waals surface area contributed by atoms with Crippen LogP contribution in [0.15, 0.2) is 0 Å². The van der Waals surface area contributed by atoms with Crippen LogP contribution in [0.3, 0.4) is 0 Å². The van der Waals surface area contributed by atoms with Crippen LogP contribution in [0.25, 0.3) is 0 Å². The van der Waals surface area contributed by atoms with Crippen molar-refractivity contribution in [1.29, 1.82) is 0 Å². The zero-order valence-electron chi connectivity index (χ0n) is 10.7. The van der Waals surface area contributed by atoms with E-state index in [0.717, 1.165) is 6.54 Å². The van der Waals surface area contributed by atoms with Crippen LogP contribution in [0.1, 0.15) is 19.8 Å². The SMILES string of the molecule is CCC(NC(=O)CC1COCCN1)C(=O)OC.Cl. The predicted molar refractivity (Wildman–Crippen MR) is 68.7 cm³/mol. The minimum absolute atomic E-state index is 0. The predicted octanol–water partition coefficient (Wildman–Crippen LogP) is -0.145. The van der Waals surface area contributed by atoms with Crippen molar-refractivity contribution in [1.82, 2.24) is 10.6 Å². The lowest BCUT2D eigenvalue weighted by Crippen LogP contribution is -2.47. The molecule has 0 bridgehead atoms. The van der Waals surface area contributed by atoms with Crippen molar-refractivity contribution >= 4 is 24.3 Å². The van der Waals surface area contributed by atoms with Crippen LogP contribution >= 0.6 is 12.4 Å². The van der Waals surface area contributed by atoms with E-state index in [1.807, 2.05) is 6.92 Å². The fourth-order valence-electron chi connectivity index (χ4n) is 1.70. The summed E-state index contributed by atoms with van der Waals surface area (Å²) in [6.45, 7) is 3.79. The topological polar surface area (TPSA) is 76.7 Å². The van der Waals surface area contributed by atoms with Gasteiger partial charge in [-0.25, -0.2) is 4.79 Å². The molecule has 1 fully saturated rings. The summed E-state index contributed by atoms with van der Waals surface area (Å²) in [7, 11) is 1.31. The smallest absolute Gasteiger partial charge is 0.328 e. The van der Waals surface area contributed by atoms with Crippen molar-refractivity contribution in [2.45, 2.75) is 31.8 Å². The average molecular weight is 281 g/mol. The van der Waals surface area contributed by atoms with E-state index in [2.05, 4.69) is 15.4 Å². The first kappa shape index (κ1) is 17.2. The lowest BCUT2D eigenvalue weighted by Gasteiger charge is -2.24. The normalized spacial score (nSPS) is 20.4. The van der Waals surface area contributed by atoms with Crippen molar-refractivity contribution < 1.29 is 19.1 Å². The van der Waals surface area contributed by atoms with Gasteiger partial charge in [-0.3, -0.25) is 4.79 Å². The van der Waals surface area contributed by atoms with E-state index in [9.17, 15) is 9.59 Å². The summed E-state index contributed by atoms with van der Waals surface area (Å²) in [4.78, 5) is 23.0. The summed E-state index contributed by atoms with van der Waals surface area (Å²) in [6, 6.07) is -0.532. The Morgan fingerprint density at radius 2 is 2.28 bits per heavy atom. The number of morpholine rings is 1. The van der Waals surface area contributed by atoms with Gasteiger partial charge in [-0.15, -0.1) is 12.4 Å². The maximum Gasteiger partial charge on any atom is 0.328 e. The Labute approximate surface area is 113 Å². The summed E-state index contributed by atoms with van der Waals surface area (Å²) < 4.78 is 9.85. The number of halogens is 1. The van der Waals surface area contributed by atoms with Crippen LogP contribution < -0.4 is 10.6 Å². The van der Waals surface area contributed by atoms with E-state index >= 15 is 0 Å². The molecule has 1 amide bonds. The minimum atomic E-state index is -0.558. The second-order valence-electron chi connectivity index (χ2n) is 3.98. The lowest BCUT2D eigenvalue weighted by atomic mass is 10.1. The van der Waals surface area contributed by atoms with Crippen LogP contribution in [0.4, 0.5) is 0 Å². The molecule has 0 aliphatic carbocycles. The summed E-state index contributed by atoms with van der Waals surface area (Å²) in [5.41, 5.74) is 0. The summed E-state index contributed by atoms with van der Waals surface area (Å²) in [5.74, 6) is -0.570. The van der Waals surface area contributed by atoms with Crippen LogP contribution in [-0.2, 0) is 19.1 Å². The van der Waals surface area contributed by atoms with Crippen LogP contribution in [-0.4, -0.2) is 50.8 Å². The molecule has 1 aliphatic rings. The summed E-state index contributed by atoms with van der Waals surface area (Å²) in [6.07, 6.45) is 0.834. The molecular weight excluding hydrogens is 260 g/mol. The fraction of sp³-hybridized carbons (Fsp3) is 0.818. The maximum atomic E-state index is 11.7. The van der Waals surface area contributed by atoms with Gasteiger partial charge in [-0.05, 0) is 6.42 Å². The molecule has 0 spiro atoms. The minimum Gasteiger partial charge on any atom is -0.467 e. The molecule has 0 aromatic heterocycles. The van der Waals surface area contributed by atoms with Crippen molar-refractivity contribution in [3.8, 4) is 0 Å². The first-order valence-electron chi connectivity index (χ1n) is 5.85. The average Bonchev–Trinajstić information content (AvgIpc) is 2.36. The van der Waals surface area contributed by atoms with Crippen LogP contribution in [0.5, 0.6) is 0 Å². The van der Waals surface area contributed by atoms with Gasteiger partial charge < -0.3 is 20.1 Å². The number of amides is 1. The molecule has 2 N–H and O–H groups in total. The zero-order valence-corrected chi connectivity index (χ0v) is 11.5. The maximum absolute atomic E-state index is 11.7. The first-order chi connectivity index (χ1) is 8.17. The van der Waals surface area contributed by atoms with E-state index in [1.165, 1.54) is 7.11 Å². The third kappa shape index (κ3) is 5.66. The number of nitrogens with one attached hydrogen (secondary N) is 2. The molecule has 1 saturated heterocycles. The molecule has 6 nitrogen and oxygen atoms in total. The third-order valence-corrected chi connectivity index (χ3v) is 2.66. The second-order valence-corrected chi connectivity index (χ2v) is 3.98. The number of ether oxygens (including phenoxy) is 2. The quantitative estimate of drug-likeness (QED) is 0.685. The molecule has 0 aromatic carbocycles. The lowest BCUT2D eigenvalue weighted by molar-refractivity contribution is -0.145. The molecule has 0 aromatic rings. The number of carbonyl (C=O) groups is 2. The standard InChI is InChI=1S/C11H20N2O4.ClH/c1-3-9(11(15)16-2)13-10(14)6-8-7-17-5-4-12-8;/h8-9,12H,3-7H2,1-2H3,(H,13,14);1H. The number of hydrogen-bond acceptors (Lipinski definition) is 5. The van der Waals surface area contributed by atoms with Crippen LogP contribution in [0.2, 0.25) is 0 Å². The number of hydrogen-bond donors (Lipinski definition) is 2. The zero-order chi connectivity index (χ0) is 12.7. The molecule has 1 aliphatic heterocycles. The molecule has 18 heavy (non-hydrogen) atoms. The van der Waals surface area contributed by atoms with Crippen molar-refractivity contribution in [3.63, 3.8) is 0 Å². The molecule has 106 valence electrons. The van der Waals surface area contributed by atoms with Gasteiger partial charge in [0.25, 0.3) is 0 Å². The molecular formula is C11H21ClN2O4. The Hall–Kier alpha value is -0.850. The van der Waals surface area contributed by atoms with E-state index in [1.54, 1.807) is 0 Å². The van der Waals surface area contributed by atoms with Gasteiger partial charge in [0.05, 0.1) is 20.3 Å². The van der Waals surface area contributed by atoms with Gasteiger partial charge in [-0.2, -0.15) is 0 Å². The molecule has 1 heterocycles. The Balaban J connectivity index is 0.00000289. The van der Waals surface area contributed by atoms with Crippen molar-refractivity contribution in [2.75, 3.05) is 26.9 Å². The highest BCUT2D eigenvalue weighted by Crippen LogP contribution is 2.00. The highest BCUT2D eigenvalue weighted by molar-refractivity contribution is 5.85. The van der Waals surface area contributed by atoms with E-state index < -0.39 is 12.0 Å². The van der Waals surface area contributed by atoms with Crippen LogP contribution in [0, 0.1) is 0 Å². The monoisotopic (exact) mass is 280 g/mol. The largest absolute Gasteiger partial charge is 0.467 e. The molecule has 7 heteroatoms. The van der Waals surface area contributed by atoms with Gasteiger partial charge >= 0.3 is 5.97 Å². The number of rotatable bonds is 5. The first-order valence-corrected chi connectivity index (χ1v) is 5.85. The molecule has 1 rings (SSSR count). The van der Waals surface area contributed by atoms with E-state index in [-0.39, 0.29) is 24.4 Å². The Kier molecular flexibility index (Phi) is 8.70. The van der Waals surface area contributed by atoms with Crippen molar-refractivity contribution in [2.24, 2.45) is 0 Å². The molecule has 0 radical (unpaired) electrons. The van der Waals surface area contributed by atoms with Crippen molar-refractivity contribution in [3.05, 3.63) is 0 Å². The molecule has 0 saturated carbocycles. The number of esters is 1. The molecule has 2 unspecified atom stereocenters. The summed E-state index contributed by atoms with van der Waals surface area (Å²) in [5, 5.41) is 5.84. The van der Waals surface area contributed by atoms with Gasteiger partial charge in [0.15, 0.2) is 0 Å². The summed E-state index contributed by atoms with van der Waals surface area (Å²) >= 11 is 0. The van der Waals surface area contributed by atoms with Gasteiger partial charge in [0.2, 0.25) is 5.91 Å². The highest BCUT2D eigenvalue weighted by Gasteiger charge is 2.22. The van der Waals surface area contributed by atoms with Gasteiger partial charge in [0, 0.05) is 19.0 Å². The van der Waals surface area contributed by atoms with Gasteiger partial charge in [0.1, 0.15) is 6.04 Å². The van der Waals surface area contributed by atoms with E-state index in [4.69, 9.17) is 4.74 Å². The third-order valence-electron chi connectivity index (χ3n) is 2.66. The Morgan fingerprint density at radius 3 is 2.78 bits per heavy atom. The Bertz CT molecular complexity index is 270. The highest BCUT2D eigenvalue weighted by atomic mass is 35.5. The second kappa shape index (κ2) is 9.13. The Morgan fingerprint density at radius 1 is 1.56 bits per heavy atom. The number of carbonyl (C=O) groups excluding carboxylic acids is 2.